The number of halogens is 1. The third-order valence-corrected chi connectivity index (χ3v) is 8.18. The topological polar surface area (TPSA) is 51.2 Å². The number of hydrogen-bond acceptors (Lipinski definition) is 4. The molecule has 2 aliphatic carbocycles. The number of ether oxygens (including phenoxy) is 1. The number of allylic oxidation sites excluding steroid dienone is 1. The van der Waals surface area contributed by atoms with E-state index in [1.54, 1.807) is 12.3 Å². The molecule has 2 aromatic rings. The predicted molar refractivity (Wildman–Crippen MR) is 128 cm³/mol. The summed E-state index contributed by atoms with van der Waals surface area (Å²) < 4.78 is 19.3. The van der Waals surface area contributed by atoms with E-state index in [0.717, 1.165) is 29.8 Å². The molecule has 1 aromatic heterocycles. The molecule has 5 heteroatoms. The van der Waals surface area contributed by atoms with Gasteiger partial charge in [0.2, 0.25) is 0 Å². The van der Waals surface area contributed by atoms with E-state index in [1.807, 2.05) is 25.2 Å². The molecule has 0 amide bonds. The molecule has 4 nitrogen and oxygen atoms in total. The van der Waals surface area contributed by atoms with Crippen LogP contribution in [0.2, 0.25) is 0 Å². The second kappa shape index (κ2) is 9.38. The van der Waals surface area contributed by atoms with Crippen molar-refractivity contribution in [3.8, 4) is 11.1 Å². The van der Waals surface area contributed by atoms with Gasteiger partial charge >= 0.3 is 5.97 Å². The van der Waals surface area contributed by atoms with Gasteiger partial charge in [0.25, 0.3) is 0 Å². The predicted octanol–water partition coefficient (Wildman–Crippen LogP) is 5.35. The molecule has 3 aliphatic rings. The molecule has 174 valence electrons. The van der Waals surface area contributed by atoms with Crippen LogP contribution in [-0.4, -0.2) is 30.6 Å². The summed E-state index contributed by atoms with van der Waals surface area (Å²) in [6.07, 6.45) is 10.8. The van der Waals surface area contributed by atoms with Crippen LogP contribution >= 0.6 is 0 Å². The Balaban J connectivity index is 1.37. The van der Waals surface area contributed by atoms with Gasteiger partial charge in [-0.05, 0) is 99.7 Å². The van der Waals surface area contributed by atoms with Crippen molar-refractivity contribution in [2.75, 3.05) is 13.6 Å². The molecule has 33 heavy (non-hydrogen) atoms. The van der Waals surface area contributed by atoms with Crippen LogP contribution in [0.25, 0.3) is 17.2 Å². The van der Waals surface area contributed by atoms with Crippen LogP contribution in [-0.2, 0) is 9.53 Å². The standard InChI is InChI=1S/C28H33FN2O2/c1-17-27-25(11-9-23-8-7-20(16-31-23)19-4-3-5-22(29)13-19)24-10-6-18(15-30-2)12-21(24)14-26(27)28(32)33-17/h3-5,7-9,11,13,16-18,21,24-27,30H,6,10,12,14-15H2,1-2H3/t17-,18-,21+,24-,25+,26-,27+/m1/s1. The molecule has 3 fully saturated rings. The Morgan fingerprint density at radius 1 is 1.18 bits per heavy atom. The van der Waals surface area contributed by atoms with Crippen molar-refractivity contribution in [1.29, 1.82) is 0 Å². The fourth-order valence-corrected chi connectivity index (χ4v) is 6.74. The zero-order valence-electron chi connectivity index (χ0n) is 19.4. The molecule has 2 saturated carbocycles. The molecule has 1 aromatic carbocycles. The van der Waals surface area contributed by atoms with Crippen LogP contribution in [0.5, 0.6) is 0 Å². The molecular formula is C28H33FN2O2. The highest BCUT2D eigenvalue weighted by atomic mass is 19.1. The number of carbonyl (C=O) groups excluding carboxylic acids is 1. The summed E-state index contributed by atoms with van der Waals surface area (Å²) in [6.45, 7) is 3.11. The molecule has 7 atom stereocenters. The van der Waals surface area contributed by atoms with Crippen molar-refractivity contribution in [3.63, 3.8) is 0 Å². The minimum atomic E-state index is -0.246. The van der Waals surface area contributed by atoms with Gasteiger partial charge in [-0.15, -0.1) is 0 Å². The molecular weight excluding hydrogens is 415 g/mol. The highest BCUT2D eigenvalue weighted by Crippen LogP contribution is 2.54. The summed E-state index contributed by atoms with van der Waals surface area (Å²) in [5.74, 6) is 2.23. The van der Waals surface area contributed by atoms with Crippen LogP contribution < -0.4 is 5.32 Å². The van der Waals surface area contributed by atoms with E-state index >= 15 is 0 Å². The fourth-order valence-electron chi connectivity index (χ4n) is 6.74. The Morgan fingerprint density at radius 3 is 2.82 bits per heavy atom. The van der Waals surface area contributed by atoms with Gasteiger partial charge in [0.05, 0.1) is 11.6 Å². The quantitative estimate of drug-likeness (QED) is 0.627. The van der Waals surface area contributed by atoms with E-state index in [9.17, 15) is 9.18 Å². The summed E-state index contributed by atoms with van der Waals surface area (Å²) in [5, 5.41) is 3.34. The van der Waals surface area contributed by atoms with Crippen LogP contribution in [0.3, 0.4) is 0 Å². The molecule has 1 saturated heterocycles. The summed E-state index contributed by atoms with van der Waals surface area (Å²) in [4.78, 5) is 17.2. The monoisotopic (exact) mass is 448 g/mol. The zero-order chi connectivity index (χ0) is 22.9. The SMILES string of the molecule is CNC[C@@H]1CC[C@@H]2[C@@H](C1)C[C@H]1C(=O)O[C@H](C)[C@H]1[C@H]2C=Cc1ccc(-c2cccc(F)c2)cn1. The third-order valence-electron chi connectivity index (χ3n) is 8.18. The van der Waals surface area contributed by atoms with Gasteiger partial charge in [-0.25, -0.2) is 4.39 Å². The zero-order valence-corrected chi connectivity index (χ0v) is 19.4. The number of nitrogens with one attached hydrogen (secondary N) is 1. The number of esters is 1. The van der Waals surface area contributed by atoms with Gasteiger partial charge in [-0.3, -0.25) is 9.78 Å². The second-order valence-corrected chi connectivity index (χ2v) is 10.1. The second-order valence-electron chi connectivity index (χ2n) is 10.1. The first kappa shape index (κ1) is 22.3. The number of cyclic esters (lactones) is 1. The minimum absolute atomic E-state index is 0.00217. The van der Waals surface area contributed by atoms with Crippen LogP contribution in [0, 0.1) is 41.3 Å². The molecule has 2 heterocycles. The Hall–Kier alpha value is -2.53. The number of aromatic nitrogens is 1. The van der Waals surface area contributed by atoms with E-state index in [1.165, 1.54) is 31.4 Å². The van der Waals surface area contributed by atoms with E-state index < -0.39 is 0 Å². The number of carbonyl (C=O) groups is 1. The largest absolute Gasteiger partial charge is 0.462 e. The van der Waals surface area contributed by atoms with E-state index in [0.29, 0.717) is 23.7 Å². The fraction of sp³-hybridized carbons (Fsp3) is 0.500. The van der Waals surface area contributed by atoms with Crippen molar-refractivity contribution >= 4 is 12.0 Å². The molecule has 0 radical (unpaired) electrons. The maximum absolute atomic E-state index is 13.6. The first-order valence-corrected chi connectivity index (χ1v) is 12.3. The Labute approximate surface area is 195 Å². The van der Waals surface area contributed by atoms with E-state index in [2.05, 4.69) is 29.4 Å². The Morgan fingerprint density at radius 2 is 2.06 bits per heavy atom. The maximum atomic E-state index is 13.6. The average Bonchev–Trinajstić information content (AvgIpc) is 3.10. The smallest absolute Gasteiger partial charge is 0.309 e. The minimum Gasteiger partial charge on any atom is -0.462 e. The molecule has 0 spiro atoms. The van der Waals surface area contributed by atoms with Crippen molar-refractivity contribution in [1.82, 2.24) is 10.3 Å². The number of pyridine rings is 1. The summed E-state index contributed by atoms with van der Waals surface area (Å²) in [7, 11) is 2.02. The van der Waals surface area contributed by atoms with Crippen molar-refractivity contribution in [3.05, 3.63) is 60.2 Å². The molecule has 0 bridgehead atoms. The van der Waals surface area contributed by atoms with Crippen molar-refractivity contribution < 1.29 is 13.9 Å². The van der Waals surface area contributed by atoms with Crippen molar-refractivity contribution in [2.45, 2.75) is 38.7 Å². The number of fused-ring (bicyclic) bond motifs is 2. The lowest BCUT2D eigenvalue weighted by molar-refractivity contribution is -0.144. The average molecular weight is 449 g/mol. The lowest BCUT2D eigenvalue weighted by Gasteiger charge is -2.47. The maximum Gasteiger partial charge on any atom is 0.309 e. The first-order valence-electron chi connectivity index (χ1n) is 12.3. The first-order chi connectivity index (χ1) is 16.0. The van der Waals surface area contributed by atoms with Gasteiger partial charge in [0.1, 0.15) is 11.9 Å². The highest BCUT2D eigenvalue weighted by molar-refractivity contribution is 5.75. The van der Waals surface area contributed by atoms with E-state index in [4.69, 9.17) is 4.74 Å². The normalized spacial score (nSPS) is 33.5. The number of nitrogens with zero attached hydrogens (tertiary/aromatic N) is 1. The van der Waals surface area contributed by atoms with Gasteiger partial charge in [0, 0.05) is 17.7 Å². The number of hydrogen-bond donors (Lipinski definition) is 1. The summed E-state index contributed by atoms with van der Waals surface area (Å²) in [6, 6.07) is 10.5. The summed E-state index contributed by atoms with van der Waals surface area (Å²) in [5.41, 5.74) is 2.61. The Kier molecular flexibility index (Phi) is 6.33. The molecule has 1 N–H and O–H groups in total. The summed E-state index contributed by atoms with van der Waals surface area (Å²) >= 11 is 0. The molecule has 5 rings (SSSR count). The van der Waals surface area contributed by atoms with E-state index in [-0.39, 0.29) is 29.7 Å². The number of rotatable bonds is 5. The van der Waals surface area contributed by atoms with Gasteiger partial charge in [-0.1, -0.05) is 24.3 Å². The highest BCUT2D eigenvalue weighted by Gasteiger charge is 2.54. The van der Waals surface area contributed by atoms with Gasteiger partial charge in [0.15, 0.2) is 0 Å². The lowest BCUT2D eigenvalue weighted by atomic mass is 9.56. The van der Waals surface area contributed by atoms with Crippen LogP contribution in [0.4, 0.5) is 4.39 Å². The molecule has 1 aliphatic heterocycles. The van der Waals surface area contributed by atoms with Gasteiger partial charge < -0.3 is 10.1 Å². The van der Waals surface area contributed by atoms with Gasteiger partial charge in [-0.2, -0.15) is 0 Å². The number of benzene rings is 1. The third kappa shape index (κ3) is 4.48. The van der Waals surface area contributed by atoms with Crippen LogP contribution in [0.1, 0.15) is 38.3 Å². The molecule has 0 unspecified atom stereocenters. The van der Waals surface area contributed by atoms with Crippen LogP contribution in [0.15, 0.2) is 48.7 Å². The lowest BCUT2D eigenvalue weighted by Crippen LogP contribution is -2.44. The Bertz CT molecular complexity index is 1020. The van der Waals surface area contributed by atoms with Crippen molar-refractivity contribution in [2.24, 2.45) is 35.5 Å².